The normalized spacial score (nSPS) is 10.0. The molecule has 0 heterocycles. The van der Waals surface area contributed by atoms with Crippen molar-refractivity contribution in [2.24, 2.45) is 0 Å². The van der Waals surface area contributed by atoms with Gasteiger partial charge in [-0.1, -0.05) is 27.2 Å². The van der Waals surface area contributed by atoms with E-state index in [0.717, 1.165) is 0 Å². The summed E-state index contributed by atoms with van der Waals surface area (Å²) >= 11 is 3.46. The van der Waals surface area contributed by atoms with Gasteiger partial charge in [0.1, 0.15) is 0 Å². The maximum atomic E-state index is 3.51. The van der Waals surface area contributed by atoms with Gasteiger partial charge in [0.2, 0.25) is 0 Å². The second-order valence-corrected chi connectivity index (χ2v) is 3.74. The van der Waals surface area contributed by atoms with Gasteiger partial charge in [-0.25, -0.2) is 0 Å². The Morgan fingerprint density at radius 3 is 2.30 bits per heavy atom. The lowest BCUT2D eigenvalue weighted by Crippen LogP contribution is -2.08. The van der Waals surface area contributed by atoms with Crippen molar-refractivity contribution in [3.63, 3.8) is 0 Å². The van der Waals surface area contributed by atoms with Crippen molar-refractivity contribution in [1.29, 1.82) is 0 Å². The molecule has 51 valence electrons. The van der Waals surface area contributed by atoms with Gasteiger partial charge in [0, 0.05) is 4.47 Å². The summed E-state index contributed by atoms with van der Waals surface area (Å²) < 4.78 is 1.17. The minimum absolute atomic E-state index is 1.17. The lowest BCUT2D eigenvalue weighted by atomic mass is 10.1. The zero-order valence-corrected chi connectivity index (χ0v) is 8.62. The van der Waals surface area contributed by atoms with Crippen molar-refractivity contribution in [3.8, 4) is 0 Å². The van der Waals surface area contributed by atoms with Crippen LogP contribution in [0.15, 0.2) is 16.6 Å². The summed E-state index contributed by atoms with van der Waals surface area (Å²) in [6, 6.07) is 4.09. The van der Waals surface area contributed by atoms with E-state index in [0.29, 0.717) is 0 Å². The van der Waals surface area contributed by atoms with E-state index in [9.17, 15) is 0 Å². The summed E-state index contributed by atoms with van der Waals surface area (Å²) in [5, 5.41) is 1.17. The molecule has 0 saturated carbocycles. The molecule has 0 saturated heterocycles. The first kappa shape index (κ1) is 8.02. The number of rotatable bonds is 0. The maximum absolute atomic E-state index is 3.51. The minimum atomic E-state index is 1.17. The zero-order chi connectivity index (χ0) is 7.72. The van der Waals surface area contributed by atoms with Crippen LogP contribution in [-0.2, 0) is 0 Å². The van der Waals surface area contributed by atoms with Crippen molar-refractivity contribution in [2.75, 3.05) is 0 Å². The molecule has 0 fully saturated rings. The Balaban J connectivity index is 3.34. The van der Waals surface area contributed by atoms with E-state index >= 15 is 0 Å². The Bertz CT molecular complexity index is 229. The average Bonchev–Trinajstić information content (AvgIpc) is 1.93. The van der Waals surface area contributed by atoms with Gasteiger partial charge in [-0.05, 0) is 31.0 Å². The lowest BCUT2D eigenvalue weighted by molar-refractivity contribution is 1.34. The topological polar surface area (TPSA) is 0 Å². The van der Waals surface area contributed by atoms with Gasteiger partial charge in [0.05, 0.1) is 10.2 Å². The van der Waals surface area contributed by atoms with Crippen LogP contribution in [0.1, 0.15) is 11.1 Å². The van der Waals surface area contributed by atoms with E-state index in [1.54, 1.807) is 0 Å². The number of hydrogen-bond donors (Lipinski definition) is 0. The molecule has 0 aromatic heterocycles. The summed E-state index contributed by atoms with van der Waals surface area (Å²) in [7, 11) is 3.51. The van der Waals surface area contributed by atoms with E-state index in [2.05, 4.69) is 40.0 Å². The Morgan fingerprint density at radius 1 is 1.20 bits per heavy atom. The molecule has 0 nitrogen and oxygen atoms in total. The standard InChI is InChI=1S/C8H8BrSi/c1-5-6(2)8(10)4-3-7(5)9/h3-4H,1-2H3. The highest BCUT2D eigenvalue weighted by molar-refractivity contribution is 9.10. The van der Waals surface area contributed by atoms with Crippen LogP contribution in [0.4, 0.5) is 0 Å². The van der Waals surface area contributed by atoms with Gasteiger partial charge in [-0.3, -0.25) is 0 Å². The first-order valence-corrected chi connectivity index (χ1v) is 4.39. The summed E-state index contributed by atoms with van der Waals surface area (Å²) in [5.74, 6) is 0. The maximum Gasteiger partial charge on any atom is 0.0715 e. The third-order valence-corrected chi connectivity index (χ3v) is 3.12. The largest absolute Gasteiger partial charge is 0.0715 e. The Kier molecular flexibility index (Phi) is 2.31. The lowest BCUT2D eigenvalue weighted by Gasteiger charge is -2.04. The summed E-state index contributed by atoms with van der Waals surface area (Å²) in [4.78, 5) is 0. The molecular weight excluding hydrogens is 204 g/mol. The average molecular weight is 212 g/mol. The van der Waals surface area contributed by atoms with Gasteiger partial charge >= 0.3 is 0 Å². The second-order valence-electron chi connectivity index (χ2n) is 2.34. The van der Waals surface area contributed by atoms with Gasteiger partial charge in [-0.2, -0.15) is 0 Å². The summed E-state index contributed by atoms with van der Waals surface area (Å²) in [6.45, 7) is 4.20. The van der Waals surface area contributed by atoms with E-state index in [-0.39, 0.29) is 0 Å². The smallest absolute Gasteiger partial charge is 0.0642 e. The first-order valence-electron chi connectivity index (χ1n) is 3.10. The number of benzene rings is 1. The quantitative estimate of drug-likeness (QED) is 0.576. The molecule has 0 aliphatic rings. The molecule has 0 aliphatic heterocycles. The molecule has 3 radical (unpaired) electrons. The molecule has 1 aromatic rings. The van der Waals surface area contributed by atoms with E-state index in [4.69, 9.17) is 0 Å². The van der Waals surface area contributed by atoms with Crippen LogP contribution in [0.3, 0.4) is 0 Å². The fourth-order valence-corrected chi connectivity index (χ4v) is 1.49. The highest BCUT2D eigenvalue weighted by Crippen LogP contribution is 2.16. The molecule has 1 rings (SSSR count). The molecule has 0 spiro atoms. The highest BCUT2D eigenvalue weighted by Gasteiger charge is 1.98. The summed E-state index contributed by atoms with van der Waals surface area (Å²) in [5.41, 5.74) is 2.60. The molecule has 2 heteroatoms. The van der Waals surface area contributed by atoms with Crippen molar-refractivity contribution >= 4 is 31.4 Å². The van der Waals surface area contributed by atoms with Gasteiger partial charge in [-0.15, -0.1) is 0 Å². The monoisotopic (exact) mass is 211 g/mol. The van der Waals surface area contributed by atoms with Crippen LogP contribution < -0.4 is 5.19 Å². The Hall–Kier alpha value is -0.0831. The minimum Gasteiger partial charge on any atom is -0.0642 e. The van der Waals surface area contributed by atoms with Crippen molar-refractivity contribution in [3.05, 3.63) is 27.7 Å². The molecular formula is C8H8BrSi. The molecule has 0 aliphatic carbocycles. The van der Waals surface area contributed by atoms with Crippen molar-refractivity contribution in [1.82, 2.24) is 0 Å². The molecule has 0 N–H and O–H groups in total. The third-order valence-electron chi connectivity index (χ3n) is 1.72. The molecule has 1 aromatic carbocycles. The summed E-state index contributed by atoms with van der Waals surface area (Å²) in [6.07, 6.45) is 0. The van der Waals surface area contributed by atoms with Crippen molar-refractivity contribution in [2.45, 2.75) is 13.8 Å². The van der Waals surface area contributed by atoms with Crippen molar-refractivity contribution < 1.29 is 0 Å². The number of halogens is 1. The van der Waals surface area contributed by atoms with Gasteiger partial charge in [0.25, 0.3) is 0 Å². The predicted molar refractivity (Wildman–Crippen MR) is 49.0 cm³/mol. The SMILES string of the molecule is Cc1c([Si])ccc(Br)c1C. The van der Waals surface area contributed by atoms with E-state index in [1.807, 2.05) is 12.1 Å². The second kappa shape index (κ2) is 2.89. The molecule has 10 heavy (non-hydrogen) atoms. The number of hydrogen-bond acceptors (Lipinski definition) is 0. The van der Waals surface area contributed by atoms with Crippen LogP contribution in [0.5, 0.6) is 0 Å². The van der Waals surface area contributed by atoms with Gasteiger partial charge < -0.3 is 0 Å². The van der Waals surface area contributed by atoms with Crippen LogP contribution in [0.2, 0.25) is 0 Å². The first-order chi connectivity index (χ1) is 4.63. The third kappa shape index (κ3) is 1.32. The zero-order valence-electron chi connectivity index (χ0n) is 6.03. The Morgan fingerprint density at radius 2 is 1.80 bits per heavy atom. The highest BCUT2D eigenvalue weighted by atomic mass is 79.9. The fraction of sp³-hybridized carbons (Fsp3) is 0.250. The van der Waals surface area contributed by atoms with E-state index in [1.165, 1.54) is 20.8 Å². The predicted octanol–water partition coefficient (Wildman–Crippen LogP) is 1.86. The van der Waals surface area contributed by atoms with Crippen LogP contribution in [0, 0.1) is 13.8 Å². The van der Waals surface area contributed by atoms with Crippen LogP contribution >= 0.6 is 15.9 Å². The Labute approximate surface area is 73.2 Å². The van der Waals surface area contributed by atoms with Crippen LogP contribution in [0.25, 0.3) is 0 Å². The van der Waals surface area contributed by atoms with Crippen LogP contribution in [-0.4, -0.2) is 10.2 Å². The molecule has 0 bridgehead atoms. The molecule has 0 amide bonds. The van der Waals surface area contributed by atoms with Gasteiger partial charge in [0.15, 0.2) is 0 Å². The molecule has 0 unspecified atom stereocenters. The van der Waals surface area contributed by atoms with E-state index < -0.39 is 0 Å². The fourth-order valence-electron chi connectivity index (χ4n) is 0.788. The molecule has 0 atom stereocenters.